The van der Waals surface area contributed by atoms with Gasteiger partial charge in [-0.25, -0.2) is 13.1 Å². The van der Waals surface area contributed by atoms with Crippen LogP contribution in [-0.4, -0.2) is 33.0 Å². The largest absolute Gasteiger partial charge is 0.373 e. The van der Waals surface area contributed by atoms with E-state index in [1.807, 2.05) is 25.2 Å². The normalized spacial score (nSPS) is 18.3. The first-order chi connectivity index (χ1) is 10.1. The third-order valence-corrected chi connectivity index (χ3v) is 5.14. The van der Waals surface area contributed by atoms with Gasteiger partial charge in [-0.2, -0.15) is 0 Å². The first-order valence-electron chi connectivity index (χ1n) is 6.78. The van der Waals surface area contributed by atoms with E-state index < -0.39 is 10.0 Å². The van der Waals surface area contributed by atoms with Gasteiger partial charge in [0.15, 0.2) is 0 Å². The summed E-state index contributed by atoms with van der Waals surface area (Å²) < 4.78 is 27.5. The number of benzene rings is 1. The van der Waals surface area contributed by atoms with Crippen LogP contribution in [0.15, 0.2) is 53.7 Å². The average molecular weight is 303 g/mol. The second-order valence-electron chi connectivity index (χ2n) is 5.22. The quantitative estimate of drug-likeness (QED) is 0.931. The molecule has 1 atom stereocenters. The maximum Gasteiger partial charge on any atom is 0.242 e. The number of fused-ring (bicyclic) bond motifs is 1. The highest BCUT2D eigenvalue weighted by Gasteiger charge is 2.26. The molecule has 0 saturated carbocycles. The Labute approximate surface area is 124 Å². The zero-order valence-electron chi connectivity index (χ0n) is 11.7. The standard InChI is InChI=1S/C15H17N3O2S/c1-18-11-13(9-12-5-2-3-7-15(12)18)17-21(19,20)14-6-4-8-16-10-14/h2-8,10,13,17H,9,11H2,1H3/t13-/m1/s1. The number of pyridine rings is 1. The number of likely N-dealkylation sites (N-methyl/N-ethyl adjacent to an activating group) is 1. The number of sulfonamides is 1. The van der Waals surface area contributed by atoms with Gasteiger partial charge in [0.05, 0.1) is 0 Å². The molecule has 0 amide bonds. The lowest BCUT2D eigenvalue weighted by Gasteiger charge is -2.33. The van der Waals surface area contributed by atoms with Crippen molar-refractivity contribution in [2.75, 3.05) is 18.5 Å². The van der Waals surface area contributed by atoms with Crippen LogP contribution in [0.25, 0.3) is 0 Å². The Balaban J connectivity index is 1.81. The van der Waals surface area contributed by atoms with Crippen LogP contribution in [0.2, 0.25) is 0 Å². The third-order valence-electron chi connectivity index (χ3n) is 3.63. The molecular weight excluding hydrogens is 286 g/mol. The van der Waals surface area contributed by atoms with Crippen molar-refractivity contribution in [1.29, 1.82) is 0 Å². The molecule has 110 valence electrons. The SMILES string of the molecule is CN1C[C@H](NS(=O)(=O)c2cccnc2)Cc2ccccc21. The Hall–Kier alpha value is -1.92. The molecular formula is C15H17N3O2S. The van der Waals surface area contributed by atoms with Crippen LogP contribution in [-0.2, 0) is 16.4 Å². The number of hydrogen-bond acceptors (Lipinski definition) is 4. The van der Waals surface area contributed by atoms with Gasteiger partial charge < -0.3 is 4.90 Å². The monoisotopic (exact) mass is 303 g/mol. The van der Waals surface area contributed by atoms with E-state index in [0.29, 0.717) is 13.0 Å². The van der Waals surface area contributed by atoms with Gasteiger partial charge in [-0.15, -0.1) is 0 Å². The second-order valence-corrected chi connectivity index (χ2v) is 6.93. The Morgan fingerprint density at radius 2 is 2.05 bits per heavy atom. The van der Waals surface area contributed by atoms with Crippen molar-refractivity contribution >= 4 is 15.7 Å². The van der Waals surface area contributed by atoms with Crippen LogP contribution in [0.5, 0.6) is 0 Å². The van der Waals surface area contributed by atoms with Crippen molar-refractivity contribution in [2.45, 2.75) is 17.4 Å². The first-order valence-corrected chi connectivity index (χ1v) is 8.26. The molecule has 0 fully saturated rings. The van der Waals surface area contributed by atoms with Crippen LogP contribution in [0.3, 0.4) is 0 Å². The van der Waals surface area contributed by atoms with Gasteiger partial charge in [-0.05, 0) is 30.2 Å². The molecule has 5 nitrogen and oxygen atoms in total. The molecule has 1 aliphatic rings. The van der Waals surface area contributed by atoms with Gasteiger partial charge in [-0.3, -0.25) is 4.98 Å². The van der Waals surface area contributed by atoms with E-state index in [1.165, 1.54) is 6.20 Å². The summed E-state index contributed by atoms with van der Waals surface area (Å²) >= 11 is 0. The number of rotatable bonds is 3. The number of nitrogens with one attached hydrogen (secondary N) is 1. The fourth-order valence-corrected chi connectivity index (χ4v) is 3.88. The Kier molecular flexibility index (Phi) is 3.65. The molecule has 0 bridgehead atoms. The number of aromatic nitrogens is 1. The maximum atomic E-state index is 12.3. The van der Waals surface area contributed by atoms with Gasteiger partial charge in [-0.1, -0.05) is 18.2 Å². The summed E-state index contributed by atoms with van der Waals surface area (Å²) in [4.78, 5) is 6.14. The Bertz CT molecular complexity index is 732. The van der Waals surface area contributed by atoms with Crippen molar-refractivity contribution in [2.24, 2.45) is 0 Å². The van der Waals surface area contributed by atoms with Crippen LogP contribution in [0, 0.1) is 0 Å². The van der Waals surface area contributed by atoms with Crippen LogP contribution >= 0.6 is 0 Å². The third kappa shape index (κ3) is 2.91. The van der Waals surface area contributed by atoms with Gasteiger partial charge in [0.1, 0.15) is 4.90 Å². The fourth-order valence-electron chi connectivity index (χ4n) is 2.69. The summed E-state index contributed by atoms with van der Waals surface area (Å²) in [6.07, 6.45) is 3.62. The summed E-state index contributed by atoms with van der Waals surface area (Å²) in [6, 6.07) is 11.1. The van der Waals surface area contributed by atoms with Crippen molar-refractivity contribution in [3.63, 3.8) is 0 Å². The number of nitrogens with zero attached hydrogens (tertiary/aromatic N) is 2. The van der Waals surface area contributed by atoms with Crippen molar-refractivity contribution < 1.29 is 8.42 Å². The minimum absolute atomic E-state index is 0.143. The highest BCUT2D eigenvalue weighted by molar-refractivity contribution is 7.89. The van der Waals surface area contributed by atoms with Crippen molar-refractivity contribution in [1.82, 2.24) is 9.71 Å². The minimum atomic E-state index is -3.53. The van der Waals surface area contributed by atoms with E-state index in [9.17, 15) is 8.42 Å². The van der Waals surface area contributed by atoms with E-state index in [4.69, 9.17) is 0 Å². The van der Waals surface area contributed by atoms with E-state index >= 15 is 0 Å². The Morgan fingerprint density at radius 3 is 2.81 bits per heavy atom. The summed E-state index contributed by atoms with van der Waals surface area (Å²) in [7, 11) is -1.55. The van der Waals surface area contributed by atoms with Crippen LogP contribution in [0.1, 0.15) is 5.56 Å². The molecule has 1 N–H and O–H groups in total. The van der Waals surface area contributed by atoms with E-state index in [1.54, 1.807) is 18.3 Å². The number of anilines is 1. The molecule has 21 heavy (non-hydrogen) atoms. The maximum absolute atomic E-state index is 12.3. The number of para-hydroxylation sites is 1. The molecule has 0 aliphatic carbocycles. The topological polar surface area (TPSA) is 62.3 Å². The molecule has 6 heteroatoms. The lowest BCUT2D eigenvalue weighted by Crippen LogP contribution is -2.47. The van der Waals surface area contributed by atoms with E-state index in [0.717, 1.165) is 11.3 Å². The van der Waals surface area contributed by atoms with E-state index in [-0.39, 0.29) is 10.9 Å². The fraction of sp³-hybridized carbons (Fsp3) is 0.267. The van der Waals surface area contributed by atoms with Crippen LogP contribution in [0.4, 0.5) is 5.69 Å². The first kappa shape index (κ1) is 14.0. The smallest absolute Gasteiger partial charge is 0.242 e. The highest BCUT2D eigenvalue weighted by atomic mass is 32.2. The molecule has 1 aromatic carbocycles. The second kappa shape index (κ2) is 5.46. The predicted octanol–water partition coefficient (Wildman–Crippen LogP) is 1.42. The van der Waals surface area contributed by atoms with Crippen LogP contribution < -0.4 is 9.62 Å². The van der Waals surface area contributed by atoms with Gasteiger partial charge in [0, 0.05) is 37.7 Å². The average Bonchev–Trinajstić information content (AvgIpc) is 2.48. The van der Waals surface area contributed by atoms with Gasteiger partial charge in [0.2, 0.25) is 10.0 Å². The molecule has 0 radical (unpaired) electrons. The summed E-state index contributed by atoms with van der Waals surface area (Å²) in [6.45, 7) is 0.649. The lowest BCUT2D eigenvalue weighted by atomic mass is 9.99. The zero-order valence-corrected chi connectivity index (χ0v) is 12.5. The molecule has 2 aromatic rings. The van der Waals surface area contributed by atoms with Crippen molar-refractivity contribution in [3.8, 4) is 0 Å². The molecule has 3 rings (SSSR count). The molecule has 0 saturated heterocycles. The zero-order chi connectivity index (χ0) is 14.9. The molecule has 0 spiro atoms. The Morgan fingerprint density at radius 1 is 1.24 bits per heavy atom. The van der Waals surface area contributed by atoms with Gasteiger partial charge in [0.25, 0.3) is 0 Å². The summed E-state index contributed by atoms with van der Waals surface area (Å²) in [5, 5.41) is 0. The van der Waals surface area contributed by atoms with E-state index in [2.05, 4.69) is 20.7 Å². The minimum Gasteiger partial charge on any atom is -0.373 e. The highest BCUT2D eigenvalue weighted by Crippen LogP contribution is 2.26. The predicted molar refractivity (Wildman–Crippen MR) is 81.8 cm³/mol. The lowest BCUT2D eigenvalue weighted by molar-refractivity contribution is 0.534. The van der Waals surface area contributed by atoms with Crippen molar-refractivity contribution in [3.05, 3.63) is 54.4 Å². The summed E-state index contributed by atoms with van der Waals surface area (Å²) in [5.41, 5.74) is 2.32. The summed E-state index contributed by atoms with van der Waals surface area (Å²) in [5.74, 6) is 0. The van der Waals surface area contributed by atoms with Gasteiger partial charge >= 0.3 is 0 Å². The molecule has 0 unspecified atom stereocenters. The number of hydrogen-bond donors (Lipinski definition) is 1. The molecule has 1 aliphatic heterocycles. The molecule has 1 aromatic heterocycles. The molecule has 2 heterocycles.